The number of aromatic nitrogens is 2. The molecule has 3 heterocycles. The Hall–Kier alpha value is -2.22. The topological polar surface area (TPSA) is 70.6 Å². The Morgan fingerprint density at radius 3 is 2.68 bits per heavy atom. The Kier molecular flexibility index (Phi) is 6.04. The predicted molar refractivity (Wildman–Crippen MR) is 109 cm³/mol. The average Bonchev–Trinajstić information content (AvgIpc) is 3.25. The van der Waals surface area contributed by atoms with Crippen LogP contribution >= 0.6 is 11.6 Å². The van der Waals surface area contributed by atoms with Gasteiger partial charge in [-0.25, -0.2) is 9.97 Å². The van der Waals surface area contributed by atoms with Gasteiger partial charge in [0.05, 0.1) is 24.4 Å². The van der Waals surface area contributed by atoms with E-state index >= 15 is 0 Å². The van der Waals surface area contributed by atoms with Gasteiger partial charge >= 0.3 is 0 Å². The van der Waals surface area contributed by atoms with E-state index in [0.717, 1.165) is 70.0 Å². The summed E-state index contributed by atoms with van der Waals surface area (Å²) < 4.78 is 5.41. The molecule has 2 aliphatic rings. The largest absolute Gasteiger partial charge is 0.379 e. The summed E-state index contributed by atoms with van der Waals surface area (Å²) in [6, 6.07) is 7.83. The number of hydrogen-bond donors (Lipinski definition) is 1. The van der Waals surface area contributed by atoms with Crippen molar-refractivity contribution in [1.29, 1.82) is 0 Å². The molecule has 148 valence electrons. The van der Waals surface area contributed by atoms with Gasteiger partial charge in [0.1, 0.15) is 0 Å². The molecule has 0 spiro atoms. The summed E-state index contributed by atoms with van der Waals surface area (Å²) in [5.41, 5.74) is 2.04. The lowest BCUT2D eigenvalue weighted by Gasteiger charge is -2.27. The molecule has 2 aromatic rings. The summed E-state index contributed by atoms with van der Waals surface area (Å²) in [6.45, 7) is 5.83. The monoisotopic (exact) mass is 401 g/mol. The fourth-order valence-electron chi connectivity index (χ4n) is 3.55. The number of hydrogen-bond acceptors (Lipinski definition) is 6. The summed E-state index contributed by atoms with van der Waals surface area (Å²) in [5.74, 6) is 0.246. The second-order valence-electron chi connectivity index (χ2n) is 7.06. The minimum absolute atomic E-state index is 0.208. The van der Waals surface area contributed by atoms with E-state index in [1.165, 1.54) is 6.20 Å². The van der Waals surface area contributed by atoms with Crippen LogP contribution in [0.3, 0.4) is 0 Å². The van der Waals surface area contributed by atoms with Gasteiger partial charge in [-0.3, -0.25) is 9.69 Å². The molecular weight excluding hydrogens is 378 g/mol. The highest BCUT2D eigenvalue weighted by atomic mass is 35.5. The van der Waals surface area contributed by atoms with Gasteiger partial charge in [0.2, 0.25) is 5.95 Å². The van der Waals surface area contributed by atoms with Crippen molar-refractivity contribution in [2.45, 2.75) is 19.4 Å². The molecule has 0 atom stereocenters. The lowest BCUT2D eigenvalue weighted by molar-refractivity contribution is 0.0342. The van der Waals surface area contributed by atoms with Gasteiger partial charge < -0.3 is 15.0 Å². The molecule has 2 fully saturated rings. The highest BCUT2D eigenvalue weighted by Gasteiger charge is 2.21. The van der Waals surface area contributed by atoms with E-state index in [2.05, 4.69) is 25.1 Å². The first-order valence-electron chi connectivity index (χ1n) is 9.67. The summed E-state index contributed by atoms with van der Waals surface area (Å²) in [5, 5.41) is 3.24. The van der Waals surface area contributed by atoms with E-state index in [-0.39, 0.29) is 16.6 Å². The number of halogens is 1. The Balaban J connectivity index is 1.51. The molecule has 2 aliphatic heterocycles. The van der Waals surface area contributed by atoms with Crippen LogP contribution in [0, 0.1) is 0 Å². The van der Waals surface area contributed by atoms with Crippen molar-refractivity contribution in [2.24, 2.45) is 0 Å². The normalized spacial score (nSPS) is 17.7. The van der Waals surface area contributed by atoms with Gasteiger partial charge in [-0.15, -0.1) is 0 Å². The number of anilines is 2. The molecule has 1 aromatic heterocycles. The van der Waals surface area contributed by atoms with E-state index in [9.17, 15) is 4.79 Å². The first kappa shape index (κ1) is 19.1. The standard InChI is InChI=1S/C20H24ClN5O2/c21-16-13-22-20(26-7-3-4-8-26)24-18(16)19(27)23-17-6-2-1-5-15(17)14-25-9-11-28-12-10-25/h1-2,5-6,13H,3-4,7-12,14H2,(H,23,27). The minimum atomic E-state index is -0.317. The third-order valence-electron chi connectivity index (χ3n) is 5.10. The van der Waals surface area contributed by atoms with Gasteiger partial charge in [-0.2, -0.15) is 0 Å². The maximum Gasteiger partial charge on any atom is 0.276 e. The zero-order valence-electron chi connectivity index (χ0n) is 15.7. The number of nitrogens with zero attached hydrogens (tertiary/aromatic N) is 4. The number of benzene rings is 1. The molecule has 1 amide bonds. The van der Waals surface area contributed by atoms with Crippen LogP contribution in [0.15, 0.2) is 30.5 Å². The SMILES string of the molecule is O=C(Nc1ccccc1CN1CCOCC1)c1nc(N2CCCC2)ncc1Cl. The average molecular weight is 402 g/mol. The van der Waals surface area contributed by atoms with E-state index in [1.54, 1.807) is 0 Å². The van der Waals surface area contributed by atoms with E-state index < -0.39 is 0 Å². The Bertz CT molecular complexity index is 835. The first-order chi connectivity index (χ1) is 13.7. The fraction of sp³-hybridized carbons (Fsp3) is 0.450. The van der Waals surface area contributed by atoms with Crippen molar-refractivity contribution in [2.75, 3.05) is 49.6 Å². The second kappa shape index (κ2) is 8.86. The Morgan fingerprint density at radius 2 is 1.89 bits per heavy atom. The highest BCUT2D eigenvalue weighted by molar-refractivity contribution is 6.34. The van der Waals surface area contributed by atoms with Crippen molar-refractivity contribution in [1.82, 2.24) is 14.9 Å². The maximum atomic E-state index is 12.9. The van der Waals surface area contributed by atoms with Crippen molar-refractivity contribution in [3.63, 3.8) is 0 Å². The molecule has 0 saturated carbocycles. The van der Waals surface area contributed by atoms with Crippen LogP contribution in [0.2, 0.25) is 5.02 Å². The molecule has 0 aliphatic carbocycles. The number of ether oxygens (including phenoxy) is 1. The van der Waals surface area contributed by atoms with E-state index in [1.807, 2.05) is 24.3 Å². The van der Waals surface area contributed by atoms with Crippen LogP contribution in [-0.4, -0.2) is 60.2 Å². The molecular formula is C20H24ClN5O2. The van der Waals surface area contributed by atoms with Crippen molar-refractivity contribution >= 4 is 29.1 Å². The third kappa shape index (κ3) is 4.43. The van der Waals surface area contributed by atoms with Gasteiger partial charge in [-0.1, -0.05) is 29.8 Å². The molecule has 1 N–H and O–H groups in total. The number of amides is 1. The molecule has 0 radical (unpaired) electrons. The van der Waals surface area contributed by atoms with Crippen molar-refractivity contribution in [3.05, 3.63) is 46.7 Å². The zero-order valence-corrected chi connectivity index (χ0v) is 16.5. The molecule has 8 heteroatoms. The summed E-state index contributed by atoms with van der Waals surface area (Å²) >= 11 is 6.23. The number of rotatable bonds is 5. The first-order valence-corrected chi connectivity index (χ1v) is 10.1. The quantitative estimate of drug-likeness (QED) is 0.830. The molecule has 4 rings (SSSR count). The number of carbonyl (C=O) groups is 1. The highest BCUT2D eigenvalue weighted by Crippen LogP contribution is 2.23. The minimum Gasteiger partial charge on any atom is -0.379 e. The van der Waals surface area contributed by atoms with Crippen molar-refractivity contribution < 1.29 is 9.53 Å². The molecule has 0 bridgehead atoms. The Labute approximate surface area is 169 Å². The van der Waals surface area contributed by atoms with Crippen molar-refractivity contribution in [3.8, 4) is 0 Å². The number of nitrogens with one attached hydrogen (secondary N) is 1. The number of morpholine rings is 1. The lowest BCUT2D eigenvalue weighted by atomic mass is 10.1. The number of para-hydroxylation sites is 1. The van der Waals surface area contributed by atoms with Crippen LogP contribution in [0.1, 0.15) is 28.9 Å². The molecule has 28 heavy (non-hydrogen) atoms. The zero-order chi connectivity index (χ0) is 19.3. The summed E-state index contributed by atoms with van der Waals surface area (Å²) in [6.07, 6.45) is 3.74. The van der Waals surface area contributed by atoms with Gasteiger partial charge in [0.25, 0.3) is 5.91 Å². The molecule has 1 aromatic carbocycles. The van der Waals surface area contributed by atoms with Crippen LogP contribution in [0.25, 0.3) is 0 Å². The second-order valence-corrected chi connectivity index (χ2v) is 7.47. The lowest BCUT2D eigenvalue weighted by Crippen LogP contribution is -2.35. The molecule has 0 unspecified atom stereocenters. The van der Waals surface area contributed by atoms with Crippen LogP contribution < -0.4 is 10.2 Å². The van der Waals surface area contributed by atoms with Gasteiger partial charge in [-0.05, 0) is 24.5 Å². The van der Waals surface area contributed by atoms with Gasteiger partial charge in [0.15, 0.2) is 5.69 Å². The third-order valence-corrected chi connectivity index (χ3v) is 5.38. The van der Waals surface area contributed by atoms with E-state index in [4.69, 9.17) is 16.3 Å². The van der Waals surface area contributed by atoms with Crippen LogP contribution in [0.4, 0.5) is 11.6 Å². The van der Waals surface area contributed by atoms with E-state index in [0.29, 0.717) is 5.95 Å². The fourth-order valence-corrected chi connectivity index (χ4v) is 3.73. The molecule has 7 nitrogen and oxygen atoms in total. The van der Waals surface area contributed by atoms with Gasteiger partial charge in [0, 0.05) is 38.4 Å². The summed E-state index contributed by atoms with van der Waals surface area (Å²) in [7, 11) is 0. The van der Waals surface area contributed by atoms with Crippen LogP contribution in [-0.2, 0) is 11.3 Å². The summed E-state index contributed by atoms with van der Waals surface area (Å²) in [4.78, 5) is 26.0. The maximum absolute atomic E-state index is 12.9. The molecule has 2 saturated heterocycles. The predicted octanol–water partition coefficient (Wildman–Crippen LogP) is 2.81. The smallest absolute Gasteiger partial charge is 0.276 e. The Morgan fingerprint density at radius 1 is 1.14 bits per heavy atom. The van der Waals surface area contributed by atoms with Crippen LogP contribution in [0.5, 0.6) is 0 Å². The number of carbonyl (C=O) groups excluding carboxylic acids is 1.